The lowest BCUT2D eigenvalue weighted by Crippen LogP contribution is -2.46. The molecule has 7 heteroatoms. The minimum absolute atomic E-state index is 0.148. The van der Waals surface area contributed by atoms with Crippen LogP contribution >= 0.6 is 0 Å². The molecule has 148 valence electrons. The Labute approximate surface area is 160 Å². The highest BCUT2D eigenvalue weighted by Crippen LogP contribution is 2.46. The van der Waals surface area contributed by atoms with Gasteiger partial charge in [0.15, 0.2) is 0 Å². The molecule has 0 radical (unpaired) electrons. The summed E-state index contributed by atoms with van der Waals surface area (Å²) in [4.78, 5) is 27.3. The summed E-state index contributed by atoms with van der Waals surface area (Å²) in [6.45, 7) is 5.12. The Hall–Kier alpha value is -2.12. The second-order valence-electron chi connectivity index (χ2n) is 7.11. The number of nitrogens with one attached hydrogen (secondary N) is 2. The Bertz CT molecular complexity index is 654. The van der Waals surface area contributed by atoms with Crippen LogP contribution in [0.15, 0.2) is 24.3 Å². The van der Waals surface area contributed by atoms with E-state index >= 15 is 0 Å². The quantitative estimate of drug-likeness (QED) is 0.618. The predicted octanol–water partition coefficient (Wildman–Crippen LogP) is 0.583. The number of hydrogen-bond donors (Lipinski definition) is 2. The first kappa shape index (κ1) is 19.6. The highest BCUT2D eigenvalue weighted by molar-refractivity contribution is 6.07. The lowest BCUT2D eigenvalue weighted by Gasteiger charge is -2.26. The van der Waals surface area contributed by atoms with E-state index in [-0.39, 0.29) is 11.8 Å². The van der Waals surface area contributed by atoms with Crippen molar-refractivity contribution < 1.29 is 19.1 Å². The molecular weight excluding hydrogens is 346 g/mol. The van der Waals surface area contributed by atoms with Gasteiger partial charge in [0.1, 0.15) is 11.2 Å². The number of ether oxygens (including phenoxy) is 2. The van der Waals surface area contributed by atoms with Gasteiger partial charge in [-0.25, -0.2) is 0 Å². The second kappa shape index (κ2) is 9.19. The van der Waals surface area contributed by atoms with Crippen LogP contribution in [0, 0.1) is 5.41 Å². The van der Waals surface area contributed by atoms with Crippen molar-refractivity contribution in [2.24, 2.45) is 5.41 Å². The fourth-order valence-electron chi connectivity index (χ4n) is 3.39. The van der Waals surface area contributed by atoms with Gasteiger partial charge in [0.2, 0.25) is 11.8 Å². The van der Waals surface area contributed by atoms with Crippen LogP contribution < -0.4 is 15.4 Å². The molecule has 1 aliphatic heterocycles. The fraction of sp³-hybridized carbons (Fsp3) is 0.600. The number of benzene rings is 1. The number of methoxy groups -OCH3 is 1. The Kier molecular flexibility index (Phi) is 6.68. The Morgan fingerprint density at radius 2 is 1.78 bits per heavy atom. The first-order valence-corrected chi connectivity index (χ1v) is 9.64. The number of amides is 2. The van der Waals surface area contributed by atoms with E-state index in [4.69, 9.17) is 9.47 Å². The SMILES string of the molecule is COc1ccccc1CCNC(=O)C1(C(=O)NCCN2CCOCC2)CC1. The third-order valence-electron chi connectivity index (χ3n) is 5.31. The van der Waals surface area contributed by atoms with Gasteiger partial charge < -0.3 is 20.1 Å². The molecule has 0 spiro atoms. The van der Waals surface area contributed by atoms with Crippen LogP contribution in [0.25, 0.3) is 0 Å². The second-order valence-corrected chi connectivity index (χ2v) is 7.11. The minimum atomic E-state index is -0.869. The highest BCUT2D eigenvalue weighted by Gasteiger charge is 2.56. The molecule has 7 nitrogen and oxygen atoms in total. The van der Waals surface area contributed by atoms with Crippen molar-refractivity contribution in [3.05, 3.63) is 29.8 Å². The maximum absolute atomic E-state index is 12.5. The van der Waals surface area contributed by atoms with Gasteiger partial charge in [0.05, 0.1) is 20.3 Å². The molecule has 0 aromatic heterocycles. The number of carbonyl (C=O) groups is 2. The highest BCUT2D eigenvalue weighted by atomic mass is 16.5. The molecule has 1 saturated heterocycles. The van der Waals surface area contributed by atoms with Crippen LogP contribution in [-0.4, -0.2) is 69.8 Å². The number of rotatable bonds is 9. The summed E-state index contributed by atoms with van der Waals surface area (Å²) in [7, 11) is 1.64. The normalized spacial score (nSPS) is 18.6. The third kappa shape index (κ3) is 4.99. The van der Waals surface area contributed by atoms with Gasteiger partial charge >= 0.3 is 0 Å². The van der Waals surface area contributed by atoms with Gasteiger partial charge in [0.25, 0.3) is 0 Å². The molecule has 1 heterocycles. The Morgan fingerprint density at radius 3 is 2.44 bits per heavy atom. The molecule has 27 heavy (non-hydrogen) atoms. The summed E-state index contributed by atoms with van der Waals surface area (Å²) >= 11 is 0. The number of hydrogen-bond acceptors (Lipinski definition) is 5. The molecule has 0 unspecified atom stereocenters. The predicted molar refractivity (Wildman–Crippen MR) is 102 cm³/mol. The molecule has 0 atom stereocenters. The van der Waals surface area contributed by atoms with Crippen molar-refractivity contribution in [3.8, 4) is 5.75 Å². The van der Waals surface area contributed by atoms with Crippen molar-refractivity contribution in [2.75, 3.05) is 53.0 Å². The van der Waals surface area contributed by atoms with Crippen molar-refractivity contribution >= 4 is 11.8 Å². The molecule has 1 aromatic carbocycles. The summed E-state index contributed by atoms with van der Waals surface area (Å²) in [5.41, 5.74) is 0.173. The first-order valence-electron chi connectivity index (χ1n) is 9.64. The molecule has 1 saturated carbocycles. The van der Waals surface area contributed by atoms with E-state index < -0.39 is 5.41 Å². The molecule has 2 fully saturated rings. The standard InChI is InChI=1S/C20H29N3O4/c1-26-17-5-3-2-4-16(17)6-9-21-18(24)20(7-8-20)19(25)22-10-11-23-12-14-27-15-13-23/h2-5H,6-15H2,1H3,(H,21,24)(H,22,25). The number of nitrogens with zero attached hydrogens (tertiary/aromatic N) is 1. The largest absolute Gasteiger partial charge is 0.496 e. The van der Waals surface area contributed by atoms with Crippen LogP contribution in [0.2, 0.25) is 0 Å². The van der Waals surface area contributed by atoms with E-state index in [9.17, 15) is 9.59 Å². The summed E-state index contributed by atoms with van der Waals surface area (Å²) in [6, 6.07) is 7.75. The molecule has 2 aliphatic rings. The van der Waals surface area contributed by atoms with Crippen LogP contribution in [0.4, 0.5) is 0 Å². The zero-order chi connectivity index (χ0) is 19.1. The summed E-state index contributed by atoms with van der Waals surface area (Å²) < 4.78 is 10.6. The fourth-order valence-corrected chi connectivity index (χ4v) is 3.39. The molecule has 2 N–H and O–H groups in total. The van der Waals surface area contributed by atoms with Crippen LogP contribution in [-0.2, 0) is 20.7 Å². The molecular formula is C20H29N3O4. The summed E-state index contributed by atoms with van der Waals surface area (Å²) in [5.74, 6) is 0.501. The summed E-state index contributed by atoms with van der Waals surface area (Å²) in [5, 5.41) is 5.86. The maximum atomic E-state index is 12.5. The van der Waals surface area contributed by atoms with Gasteiger partial charge in [-0.05, 0) is 30.9 Å². The zero-order valence-electron chi connectivity index (χ0n) is 16.0. The molecule has 1 aromatic rings. The third-order valence-corrected chi connectivity index (χ3v) is 5.31. The minimum Gasteiger partial charge on any atom is -0.496 e. The lowest BCUT2D eigenvalue weighted by atomic mass is 10.0. The first-order chi connectivity index (χ1) is 13.2. The van der Waals surface area contributed by atoms with Crippen molar-refractivity contribution in [3.63, 3.8) is 0 Å². The van der Waals surface area contributed by atoms with Gasteiger partial charge in [-0.1, -0.05) is 18.2 Å². The van der Waals surface area contributed by atoms with E-state index in [1.54, 1.807) is 7.11 Å². The van der Waals surface area contributed by atoms with Gasteiger partial charge in [-0.15, -0.1) is 0 Å². The van der Waals surface area contributed by atoms with E-state index in [2.05, 4.69) is 15.5 Å². The molecule has 1 aliphatic carbocycles. The summed E-state index contributed by atoms with van der Waals surface area (Å²) in [6.07, 6.45) is 1.91. The number of morpholine rings is 1. The van der Waals surface area contributed by atoms with Crippen molar-refractivity contribution in [2.45, 2.75) is 19.3 Å². The monoisotopic (exact) mass is 375 g/mol. The molecule has 2 amide bonds. The van der Waals surface area contributed by atoms with Crippen molar-refractivity contribution in [1.29, 1.82) is 0 Å². The van der Waals surface area contributed by atoms with Gasteiger partial charge in [0, 0.05) is 32.7 Å². The topological polar surface area (TPSA) is 79.9 Å². The zero-order valence-corrected chi connectivity index (χ0v) is 16.0. The van der Waals surface area contributed by atoms with Gasteiger partial charge in [-0.3, -0.25) is 14.5 Å². The van der Waals surface area contributed by atoms with Crippen molar-refractivity contribution in [1.82, 2.24) is 15.5 Å². The maximum Gasteiger partial charge on any atom is 0.235 e. The number of carbonyl (C=O) groups excluding carboxylic acids is 2. The van der Waals surface area contributed by atoms with E-state index in [1.165, 1.54) is 0 Å². The van der Waals surface area contributed by atoms with E-state index in [1.807, 2.05) is 24.3 Å². The molecule has 0 bridgehead atoms. The average molecular weight is 375 g/mol. The van der Waals surface area contributed by atoms with E-state index in [0.29, 0.717) is 32.4 Å². The van der Waals surface area contributed by atoms with Crippen LogP contribution in [0.3, 0.4) is 0 Å². The molecule has 3 rings (SSSR count). The Balaban J connectivity index is 1.41. The van der Waals surface area contributed by atoms with Crippen LogP contribution in [0.1, 0.15) is 18.4 Å². The number of para-hydroxylation sites is 1. The Morgan fingerprint density at radius 1 is 1.11 bits per heavy atom. The smallest absolute Gasteiger partial charge is 0.235 e. The average Bonchev–Trinajstić information content (AvgIpc) is 3.51. The lowest BCUT2D eigenvalue weighted by molar-refractivity contribution is -0.137. The van der Waals surface area contributed by atoms with Crippen LogP contribution in [0.5, 0.6) is 5.75 Å². The van der Waals surface area contributed by atoms with E-state index in [0.717, 1.165) is 44.2 Å². The van der Waals surface area contributed by atoms with Gasteiger partial charge in [-0.2, -0.15) is 0 Å².